The average molecular weight is 511 g/mol. The minimum absolute atomic E-state index is 0.00176. The zero-order valence-electron chi connectivity index (χ0n) is 20.4. The molecule has 0 spiro atoms. The van der Waals surface area contributed by atoms with E-state index >= 15 is 0 Å². The summed E-state index contributed by atoms with van der Waals surface area (Å²) in [6.45, 7) is 6.33. The van der Waals surface area contributed by atoms with Crippen molar-refractivity contribution in [3.63, 3.8) is 0 Å². The zero-order valence-corrected chi connectivity index (χ0v) is 21.9. The molecule has 0 aliphatic rings. The smallest absolute Gasteiger partial charge is 0.243 e. The van der Waals surface area contributed by atoms with Gasteiger partial charge in [-0.1, -0.05) is 90.8 Å². The third-order valence-electron chi connectivity index (χ3n) is 6.23. The standard InChI is InChI=1S/C29H32Cl2N2O2/c1-4-21(3)32-29(35)27(16-22-11-6-5-7-12-22)33(19-24-13-9-8-10-20(24)2)28(34)17-23-14-15-25(30)18-26(23)31/h5-15,18,21,27H,4,16-17,19H2,1-3H3,(H,32,35)/t21-,27-/m1/s1. The Kier molecular flexibility index (Phi) is 9.76. The number of carbonyl (C=O) groups is 2. The maximum Gasteiger partial charge on any atom is 0.243 e. The highest BCUT2D eigenvalue weighted by Crippen LogP contribution is 2.24. The third kappa shape index (κ3) is 7.58. The van der Waals surface area contributed by atoms with Gasteiger partial charge in [0.1, 0.15) is 6.04 Å². The first-order valence-corrected chi connectivity index (χ1v) is 12.7. The summed E-state index contributed by atoms with van der Waals surface area (Å²) < 4.78 is 0. The van der Waals surface area contributed by atoms with Crippen molar-refractivity contribution in [2.24, 2.45) is 0 Å². The van der Waals surface area contributed by atoms with E-state index in [1.165, 1.54) is 0 Å². The topological polar surface area (TPSA) is 49.4 Å². The third-order valence-corrected chi connectivity index (χ3v) is 6.82. The van der Waals surface area contributed by atoms with E-state index in [-0.39, 0.29) is 24.3 Å². The highest BCUT2D eigenvalue weighted by Gasteiger charge is 2.31. The van der Waals surface area contributed by atoms with Crippen LogP contribution in [0.1, 0.15) is 42.5 Å². The van der Waals surface area contributed by atoms with Crippen LogP contribution in [-0.2, 0) is 29.0 Å². The number of benzene rings is 3. The average Bonchev–Trinajstić information content (AvgIpc) is 2.84. The van der Waals surface area contributed by atoms with Crippen LogP contribution in [0.4, 0.5) is 0 Å². The fourth-order valence-electron chi connectivity index (χ4n) is 3.90. The van der Waals surface area contributed by atoms with Gasteiger partial charge in [0.25, 0.3) is 0 Å². The lowest BCUT2D eigenvalue weighted by Crippen LogP contribution is -2.52. The van der Waals surface area contributed by atoms with Gasteiger partial charge < -0.3 is 10.2 Å². The molecule has 0 saturated heterocycles. The molecule has 0 unspecified atom stereocenters. The van der Waals surface area contributed by atoms with Gasteiger partial charge in [0.05, 0.1) is 6.42 Å². The van der Waals surface area contributed by atoms with Crippen molar-refractivity contribution in [2.45, 2.75) is 58.7 Å². The second-order valence-electron chi connectivity index (χ2n) is 8.88. The van der Waals surface area contributed by atoms with Crippen LogP contribution in [0.25, 0.3) is 0 Å². The largest absolute Gasteiger partial charge is 0.352 e. The first-order valence-electron chi connectivity index (χ1n) is 11.9. The fraction of sp³-hybridized carbons (Fsp3) is 0.310. The van der Waals surface area contributed by atoms with Crippen LogP contribution in [0.3, 0.4) is 0 Å². The van der Waals surface area contributed by atoms with Crippen molar-refractivity contribution in [2.75, 3.05) is 0 Å². The van der Waals surface area contributed by atoms with E-state index in [1.807, 2.05) is 75.4 Å². The van der Waals surface area contributed by atoms with E-state index < -0.39 is 6.04 Å². The van der Waals surface area contributed by atoms with E-state index in [9.17, 15) is 9.59 Å². The van der Waals surface area contributed by atoms with E-state index in [2.05, 4.69) is 5.32 Å². The number of nitrogens with one attached hydrogen (secondary N) is 1. The molecule has 0 aromatic heterocycles. The lowest BCUT2D eigenvalue weighted by Gasteiger charge is -2.33. The molecule has 0 fully saturated rings. The van der Waals surface area contributed by atoms with Crippen LogP contribution >= 0.6 is 23.2 Å². The zero-order chi connectivity index (χ0) is 25.4. The number of carbonyl (C=O) groups excluding carboxylic acids is 2. The Balaban J connectivity index is 2.00. The summed E-state index contributed by atoms with van der Waals surface area (Å²) in [5.41, 5.74) is 3.73. The Hall–Kier alpha value is -2.82. The minimum atomic E-state index is -0.676. The molecule has 2 atom stereocenters. The van der Waals surface area contributed by atoms with Gasteiger partial charge in [-0.15, -0.1) is 0 Å². The van der Waals surface area contributed by atoms with Gasteiger partial charge in [0, 0.05) is 29.1 Å². The molecule has 0 saturated carbocycles. The highest BCUT2D eigenvalue weighted by atomic mass is 35.5. The summed E-state index contributed by atoms with van der Waals surface area (Å²) in [5.74, 6) is -0.329. The molecule has 0 heterocycles. The SMILES string of the molecule is CC[C@@H](C)NC(=O)[C@@H](Cc1ccccc1)N(Cc1ccccc1C)C(=O)Cc1ccc(Cl)cc1Cl. The molecule has 4 nitrogen and oxygen atoms in total. The quantitative estimate of drug-likeness (QED) is 0.343. The number of nitrogens with zero attached hydrogens (tertiary/aromatic N) is 1. The molecular weight excluding hydrogens is 479 g/mol. The van der Waals surface area contributed by atoms with Crippen LogP contribution in [0.5, 0.6) is 0 Å². The predicted octanol–water partition coefficient (Wildman–Crippen LogP) is 6.40. The van der Waals surface area contributed by atoms with Gasteiger partial charge in [-0.2, -0.15) is 0 Å². The number of hydrogen-bond donors (Lipinski definition) is 1. The summed E-state index contributed by atoms with van der Waals surface area (Å²) in [6, 6.07) is 22.2. The number of rotatable bonds is 10. The molecule has 3 rings (SSSR count). The van der Waals surface area contributed by atoms with E-state index in [0.29, 0.717) is 28.6 Å². The van der Waals surface area contributed by atoms with Crippen LogP contribution in [0, 0.1) is 6.92 Å². The number of amides is 2. The summed E-state index contributed by atoms with van der Waals surface area (Å²) in [4.78, 5) is 29.1. The molecule has 3 aromatic rings. The predicted molar refractivity (Wildman–Crippen MR) is 144 cm³/mol. The summed E-state index contributed by atoms with van der Waals surface area (Å²) >= 11 is 12.4. The van der Waals surface area contributed by atoms with Gasteiger partial charge in [-0.25, -0.2) is 0 Å². The van der Waals surface area contributed by atoms with Crippen LogP contribution in [0.2, 0.25) is 10.0 Å². The van der Waals surface area contributed by atoms with Gasteiger partial charge in [0.2, 0.25) is 11.8 Å². The molecule has 184 valence electrons. The van der Waals surface area contributed by atoms with Gasteiger partial charge in [-0.3, -0.25) is 9.59 Å². The summed E-state index contributed by atoms with van der Waals surface area (Å²) in [6.07, 6.45) is 1.29. The molecular formula is C29H32Cl2N2O2. The molecule has 0 aliphatic carbocycles. The second kappa shape index (κ2) is 12.8. The number of halogens is 2. The summed E-state index contributed by atoms with van der Waals surface area (Å²) in [7, 11) is 0. The van der Waals surface area contributed by atoms with Crippen LogP contribution in [-0.4, -0.2) is 28.8 Å². The second-order valence-corrected chi connectivity index (χ2v) is 9.73. The Bertz CT molecular complexity index is 1150. The molecule has 35 heavy (non-hydrogen) atoms. The first-order chi connectivity index (χ1) is 16.8. The van der Waals surface area contributed by atoms with Crippen molar-refractivity contribution < 1.29 is 9.59 Å². The van der Waals surface area contributed by atoms with E-state index in [4.69, 9.17) is 23.2 Å². The highest BCUT2D eigenvalue weighted by molar-refractivity contribution is 6.35. The van der Waals surface area contributed by atoms with Crippen LogP contribution in [0.15, 0.2) is 72.8 Å². The number of hydrogen-bond acceptors (Lipinski definition) is 2. The Morgan fingerprint density at radius 1 is 0.943 bits per heavy atom. The van der Waals surface area contributed by atoms with Gasteiger partial charge >= 0.3 is 0 Å². The number of aryl methyl sites for hydroxylation is 1. The molecule has 0 radical (unpaired) electrons. The van der Waals surface area contributed by atoms with Crippen molar-refractivity contribution in [1.29, 1.82) is 0 Å². The first kappa shape index (κ1) is 26.8. The van der Waals surface area contributed by atoms with Gasteiger partial charge in [-0.05, 0) is 54.7 Å². The molecule has 2 amide bonds. The summed E-state index contributed by atoms with van der Waals surface area (Å²) in [5, 5.41) is 4.04. The molecule has 1 N–H and O–H groups in total. The van der Waals surface area contributed by atoms with Crippen molar-refractivity contribution in [3.05, 3.63) is 105 Å². The Morgan fingerprint density at radius 3 is 2.29 bits per heavy atom. The lowest BCUT2D eigenvalue weighted by molar-refractivity contribution is -0.141. The van der Waals surface area contributed by atoms with E-state index in [1.54, 1.807) is 23.1 Å². The van der Waals surface area contributed by atoms with Crippen molar-refractivity contribution >= 4 is 35.0 Å². The maximum atomic E-state index is 13.8. The lowest BCUT2D eigenvalue weighted by atomic mass is 10.00. The van der Waals surface area contributed by atoms with Crippen LogP contribution < -0.4 is 5.32 Å². The molecule has 0 bridgehead atoms. The molecule has 3 aromatic carbocycles. The maximum absolute atomic E-state index is 13.8. The Morgan fingerprint density at radius 2 is 1.63 bits per heavy atom. The Labute approximate surface area is 218 Å². The van der Waals surface area contributed by atoms with Gasteiger partial charge in [0.15, 0.2) is 0 Å². The molecule has 6 heteroatoms. The minimum Gasteiger partial charge on any atom is -0.352 e. The monoisotopic (exact) mass is 510 g/mol. The van der Waals surface area contributed by atoms with Crippen molar-refractivity contribution in [1.82, 2.24) is 10.2 Å². The van der Waals surface area contributed by atoms with Crippen molar-refractivity contribution in [3.8, 4) is 0 Å². The fourth-order valence-corrected chi connectivity index (χ4v) is 4.37. The molecule has 0 aliphatic heterocycles. The normalized spacial score (nSPS) is 12.6. The van der Waals surface area contributed by atoms with E-state index in [0.717, 1.165) is 23.1 Å².